The van der Waals surface area contributed by atoms with Crippen LogP contribution in [0.4, 0.5) is 0 Å². The summed E-state index contributed by atoms with van der Waals surface area (Å²) in [6.45, 7) is 0.0677. The monoisotopic (exact) mass is 158 g/mol. The minimum Gasteiger partial charge on any atom is -0.469 e. The van der Waals surface area contributed by atoms with Crippen molar-refractivity contribution >= 4 is 5.97 Å². The molecule has 0 heterocycles. The zero-order chi connectivity index (χ0) is 8.53. The quantitative estimate of drug-likeness (QED) is 0.367. The van der Waals surface area contributed by atoms with Gasteiger partial charge < -0.3 is 9.84 Å². The Morgan fingerprint density at radius 3 is 2.82 bits per heavy atom. The molecule has 0 amide bonds. The third-order valence-corrected chi connectivity index (χ3v) is 1.25. The van der Waals surface area contributed by atoms with E-state index in [9.17, 15) is 4.79 Å². The van der Waals surface area contributed by atoms with Crippen molar-refractivity contribution in [2.75, 3.05) is 13.7 Å². The molecule has 0 atom stereocenters. The molecular weight excluding hydrogens is 144 g/mol. The minimum atomic E-state index is -0.178. The van der Waals surface area contributed by atoms with E-state index in [0.717, 1.165) is 12.8 Å². The van der Waals surface area contributed by atoms with Crippen LogP contribution in [0.1, 0.15) is 19.3 Å². The molecule has 0 bridgehead atoms. The van der Waals surface area contributed by atoms with Crippen LogP contribution >= 0.6 is 0 Å². The van der Waals surface area contributed by atoms with Gasteiger partial charge >= 0.3 is 5.97 Å². The summed E-state index contributed by atoms with van der Waals surface area (Å²) in [6.07, 6.45) is 5.56. The molecule has 0 fully saturated rings. The van der Waals surface area contributed by atoms with Crippen molar-refractivity contribution in [3.05, 3.63) is 12.2 Å². The predicted octanol–water partition coefficient (Wildman–Crippen LogP) is 0.878. The number of hydrogen-bond acceptors (Lipinski definition) is 3. The Hall–Kier alpha value is -0.830. The van der Waals surface area contributed by atoms with E-state index < -0.39 is 0 Å². The van der Waals surface area contributed by atoms with E-state index in [-0.39, 0.29) is 12.6 Å². The molecule has 0 aromatic rings. The van der Waals surface area contributed by atoms with Crippen LogP contribution < -0.4 is 0 Å². The fourth-order valence-electron chi connectivity index (χ4n) is 0.659. The highest BCUT2D eigenvalue weighted by Gasteiger charge is 1.96. The van der Waals surface area contributed by atoms with Crippen LogP contribution in [-0.2, 0) is 9.53 Å². The van der Waals surface area contributed by atoms with E-state index in [2.05, 4.69) is 4.74 Å². The molecule has 0 aliphatic rings. The molecule has 0 spiro atoms. The van der Waals surface area contributed by atoms with Crippen LogP contribution in [0.5, 0.6) is 0 Å². The average molecular weight is 158 g/mol. The molecule has 0 aliphatic heterocycles. The van der Waals surface area contributed by atoms with Gasteiger partial charge in [0.15, 0.2) is 0 Å². The van der Waals surface area contributed by atoms with Gasteiger partial charge in [0.1, 0.15) is 0 Å². The van der Waals surface area contributed by atoms with Gasteiger partial charge in [0, 0.05) is 6.42 Å². The van der Waals surface area contributed by atoms with E-state index in [4.69, 9.17) is 5.11 Å². The second-order valence-electron chi connectivity index (χ2n) is 2.12. The van der Waals surface area contributed by atoms with Crippen molar-refractivity contribution < 1.29 is 14.6 Å². The van der Waals surface area contributed by atoms with E-state index in [0.29, 0.717) is 6.42 Å². The number of ether oxygens (including phenoxy) is 1. The van der Waals surface area contributed by atoms with E-state index in [1.807, 2.05) is 6.08 Å². The van der Waals surface area contributed by atoms with Gasteiger partial charge in [-0.3, -0.25) is 4.79 Å². The molecule has 0 radical (unpaired) electrons. The van der Waals surface area contributed by atoms with Crippen LogP contribution in [0.2, 0.25) is 0 Å². The number of allylic oxidation sites excluding steroid dienone is 1. The molecule has 0 aromatic heterocycles. The Kier molecular flexibility index (Phi) is 6.73. The molecule has 3 heteroatoms. The molecule has 0 rings (SSSR count). The molecule has 0 saturated carbocycles. The highest BCUT2D eigenvalue weighted by molar-refractivity contribution is 5.68. The lowest BCUT2D eigenvalue weighted by atomic mass is 10.2. The smallest absolute Gasteiger partial charge is 0.305 e. The SMILES string of the molecule is COC(=O)CCCC=CCO. The fraction of sp³-hybridized carbons (Fsp3) is 0.625. The number of rotatable bonds is 5. The highest BCUT2D eigenvalue weighted by Crippen LogP contribution is 1.97. The number of aliphatic hydroxyl groups is 1. The van der Waals surface area contributed by atoms with Gasteiger partial charge in [-0.25, -0.2) is 0 Å². The average Bonchev–Trinajstić information content (AvgIpc) is 2.04. The number of esters is 1. The topological polar surface area (TPSA) is 46.5 Å². The number of methoxy groups -OCH3 is 1. The third-order valence-electron chi connectivity index (χ3n) is 1.25. The molecule has 0 unspecified atom stereocenters. The van der Waals surface area contributed by atoms with Crippen molar-refractivity contribution in [2.24, 2.45) is 0 Å². The summed E-state index contributed by atoms with van der Waals surface area (Å²) in [7, 11) is 1.38. The van der Waals surface area contributed by atoms with Crippen molar-refractivity contribution in [1.82, 2.24) is 0 Å². The molecule has 1 N–H and O–H groups in total. The summed E-state index contributed by atoms with van der Waals surface area (Å²) in [5, 5.41) is 8.34. The standard InChI is InChI=1S/C8H14O3/c1-11-8(10)6-4-2-3-5-7-9/h3,5,9H,2,4,6-7H2,1H3. The number of unbranched alkanes of at least 4 members (excludes halogenated alkanes) is 1. The van der Waals surface area contributed by atoms with E-state index in [1.165, 1.54) is 7.11 Å². The summed E-state index contributed by atoms with van der Waals surface area (Å²) in [5.41, 5.74) is 0. The Labute approximate surface area is 66.7 Å². The number of hydrogen-bond donors (Lipinski definition) is 1. The minimum absolute atomic E-state index is 0.0677. The Morgan fingerprint density at radius 2 is 2.27 bits per heavy atom. The maximum Gasteiger partial charge on any atom is 0.305 e. The summed E-state index contributed by atoms with van der Waals surface area (Å²) in [4.78, 5) is 10.5. The molecule has 64 valence electrons. The van der Waals surface area contributed by atoms with Crippen molar-refractivity contribution in [3.63, 3.8) is 0 Å². The van der Waals surface area contributed by atoms with Crippen molar-refractivity contribution in [3.8, 4) is 0 Å². The summed E-state index contributed by atoms with van der Waals surface area (Å²) in [5.74, 6) is -0.178. The first-order valence-electron chi connectivity index (χ1n) is 3.64. The lowest BCUT2D eigenvalue weighted by Crippen LogP contribution is -1.98. The van der Waals surface area contributed by atoms with Gasteiger partial charge in [-0.2, -0.15) is 0 Å². The molecule has 0 aliphatic carbocycles. The maximum absolute atomic E-state index is 10.5. The molecule has 0 aromatic carbocycles. The first-order valence-corrected chi connectivity index (χ1v) is 3.64. The van der Waals surface area contributed by atoms with Crippen molar-refractivity contribution in [1.29, 1.82) is 0 Å². The van der Waals surface area contributed by atoms with Gasteiger partial charge in [-0.05, 0) is 12.8 Å². The first-order chi connectivity index (χ1) is 5.31. The van der Waals surface area contributed by atoms with Crippen LogP contribution in [0.25, 0.3) is 0 Å². The largest absolute Gasteiger partial charge is 0.469 e. The third kappa shape index (κ3) is 7.06. The molecule has 0 saturated heterocycles. The summed E-state index contributed by atoms with van der Waals surface area (Å²) < 4.78 is 4.44. The fourth-order valence-corrected chi connectivity index (χ4v) is 0.659. The molecule has 3 nitrogen and oxygen atoms in total. The normalized spacial score (nSPS) is 10.4. The zero-order valence-corrected chi connectivity index (χ0v) is 6.75. The maximum atomic E-state index is 10.5. The molecular formula is C8H14O3. The Morgan fingerprint density at radius 1 is 1.55 bits per heavy atom. The van der Waals surface area contributed by atoms with Crippen LogP contribution in [0.3, 0.4) is 0 Å². The lowest BCUT2D eigenvalue weighted by Gasteiger charge is -1.94. The Balaban J connectivity index is 3.14. The predicted molar refractivity (Wildman–Crippen MR) is 42.1 cm³/mol. The van der Waals surface area contributed by atoms with E-state index in [1.54, 1.807) is 6.08 Å². The first kappa shape index (κ1) is 10.2. The van der Waals surface area contributed by atoms with Crippen LogP contribution in [0, 0.1) is 0 Å². The number of aliphatic hydroxyl groups excluding tert-OH is 1. The zero-order valence-electron chi connectivity index (χ0n) is 6.75. The Bertz CT molecular complexity index is 129. The van der Waals surface area contributed by atoms with Gasteiger partial charge in [0.05, 0.1) is 13.7 Å². The second kappa shape index (κ2) is 7.28. The van der Waals surface area contributed by atoms with Crippen LogP contribution in [0.15, 0.2) is 12.2 Å². The lowest BCUT2D eigenvalue weighted by molar-refractivity contribution is -0.140. The molecule has 11 heavy (non-hydrogen) atoms. The van der Waals surface area contributed by atoms with Gasteiger partial charge in [0.2, 0.25) is 0 Å². The van der Waals surface area contributed by atoms with Gasteiger partial charge in [-0.15, -0.1) is 0 Å². The van der Waals surface area contributed by atoms with Crippen molar-refractivity contribution in [2.45, 2.75) is 19.3 Å². The second-order valence-corrected chi connectivity index (χ2v) is 2.12. The highest BCUT2D eigenvalue weighted by atomic mass is 16.5. The number of carbonyl (C=O) groups is 1. The van der Waals surface area contributed by atoms with E-state index >= 15 is 0 Å². The summed E-state index contributed by atoms with van der Waals surface area (Å²) in [6, 6.07) is 0. The van der Waals surface area contributed by atoms with Gasteiger partial charge in [0.25, 0.3) is 0 Å². The van der Waals surface area contributed by atoms with Gasteiger partial charge in [-0.1, -0.05) is 12.2 Å². The van der Waals surface area contributed by atoms with Crippen LogP contribution in [-0.4, -0.2) is 24.8 Å². The number of carbonyl (C=O) groups excluding carboxylic acids is 1. The summed E-state index contributed by atoms with van der Waals surface area (Å²) >= 11 is 0.